The monoisotopic (exact) mass is 333 g/mol. The summed E-state index contributed by atoms with van der Waals surface area (Å²) in [5.41, 5.74) is 0.998. The summed E-state index contributed by atoms with van der Waals surface area (Å²) >= 11 is 0. The van der Waals surface area contributed by atoms with Crippen molar-refractivity contribution in [3.8, 4) is 0 Å². The highest BCUT2D eigenvalue weighted by atomic mass is 35.5. The van der Waals surface area contributed by atoms with Gasteiger partial charge in [-0.3, -0.25) is 4.79 Å². The molecule has 118 valence electrons. The van der Waals surface area contributed by atoms with Gasteiger partial charge in [0.1, 0.15) is 0 Å². The molecule has 6 nitrogen and oxygen atoms in total. The molecule has 0 saturated carbocycles. The second-order valence-corrected chi connectivity index (χ2v) is 6.55. The molecule has 8 heteroatoms. The largest absolute Gasteiger partial charge is 0.325 e. The van der Waals surface area contributed by atoms with E-state index >= 15 is 0 Å². The van der Waals surface area contributed by atoms with Crippen LogP contribution in [0, 0.1) is 6.92 Å². The van der Waals surface area contributed by atoms with Crippen molar-refractivity contribution in [2.45, 2.75) is 37.1 Å². The first-order valence-electron chi connectivity index (χ1n) is 6.55. The molecule has 0 aromatic heterocycles. The van der Waals surface area contributed by atoms with Crippen molar-refractivity contribution in [2.75, 3.05) is 11.9 Å². The fourth-order valence-corrected chi connectivity index (χ4v) is 3.10. The molecule has 1 saturated heterocycles. The van der Waals surface area contributed by atoms with Crippen molar-refractivity contribution in [1.29, 1.82) is 0 Å². The molecule has 1 amide bonds. The Morgan fingerprint density at radius 1 is 1.38 bits per heavy atom. The van der Waals surface area contributed by atoms with E-state index in [-0.39, 0.29) is 29.3 Å². The van der Waals surface area contributed by atoms with Crippen molar-refractivity contribution >= 4 is 34.0 Å². The predicted molar refractivity (Wildman–Crippen MR) is 84.1 cm³/mol. The van der Waals surface area contributed by atoms with Crippen LogP contribution in [0.4, 0.5) is 5.69 Å². The average molecular weight is 334 g/mol. The highest BCUT2D eigenvalue weighted by molar-refractivity contribution is 7.89. The summed E-state index contributed by atoms with van der Waals surface area (Å²) in [5.74, 6) is -0.145. The van der Waals surface area contributed by atoms with E-state index in [0.717, 1.165) is 25.8 Å². The van der Waals surface area contributed by atoms with Crippen molar-refractivity contribution in [3.63, 3.8) is 0 Å². The van der Waals surface area contributed by atoms with Crippen molar-refractivity contribution in [1.82, 2.24) is 5.32 Å². The maximum atomic E-state index is 12.1. The average Bonchev–Trinajstić information content (AvgIpc) is 2.40. The number of halogens is 1. The summed E-state index contributed by atoms with van der Waals surface area (Å²) in [6, 6.07) is 4.47. The van der Waals surface area contributed by atoms with Gasteiger partial charge in [0.25, 0.3) is 0 Å². The summed E-state index contributed by atoms with van der Waals surface area (Å²) in [5, 5.41) is 11.0. The van der Waals surface area contributed by atoms with Gasteiger partial charge in [-0.05, 0) is 44.0 Å². The quantitative estimate of drug-likeness (QED) is 0.772. The second-order valence-electron chi connectivity index (χ2n) is 5.02. The lowest BCUT2D eigenvalue weighted by molar-refractivity contribution is -0.118. The van der Waals surface area contributed by atoms with Gasteiger partial charge in [-0.2, -0.15) is 0 Å². The molecule has 2 rings (SSSR count). The third-order valence-electron chi connectivity index (χ3n) is 3.39. The third-order valence-corrected chi connectivity index (χ3v) is 4.44. The molecule has 1 aromatic carbocycles. The standard InChI is InChI=1S/C13H19N3O3S.ClH/c1-9-5-6-10(8-12(9)20(14,18)19)16-13(17)11-4-2-3-7-15-11;/h5-6,8,11,15H,2-4,7H2,1H3,(H,16,17)(H2,14,18,19);1H/t11-;/m1./s1. The number of aryl methyl sites for hydroxylation is 1. The van der Waals surface area contributed by atoms with Gasteiger partial charge in [0.2, 0.25) is 15.9 Å². The Bertz CT molecular complexity index is 613. The number of rotatable bonds is 3. The third kappa shape index (κ3) is 4.67. The molecule has 0 bridgehead atoms. The Morgan fingerprint density at radius 2 is 2.10 bits per heavy atom. The second kappa shape index (κ2) is 7.22. The first-order valence-corrected chi connectivity index (χ1v) is 8.10. The van der Waals surface area contributed by atoms with E-state index in [0.29, 0.717) is 11.3 Å². The zero-order valence-corrected chi connectivity index (χ0v) is 13.4. The number of sulfonamides is 1. The maximum absolute atomic E-state index is 12.1. The lowest BCUT2D eigenvalue weighted by atomic mass is 10.0. The van der Waals surface area contributed by atoms with E-state index in [4.69, 9.17) is 5.14 Å². The van der Waals surface area contributed by atoms with Crippen LogP contribution in [-0.2, 0) is 14.8 Å². The van der Waals surface area contributed by atoms with E-state index in [1.54, 1.807) is 19.1 Å². The van der Waals surface area contributed by atoms with Crippen molar-refractivity contribution in [2.24, 2.45) is 5.14 Å². The van der Waals surface area contributed by atoms with Crippen LogP contribution in [0.25, 0.3) is 0 Å². The molecule has 0 aliphatic carbocycles. The van der Waals surface area contributed by atoms with Crippen LogP contribution in [0.5, 0.6) is 0 Å². The van der Waals surface area contributed by atoms with Crippen molar-refractivity contribution < 1.29 is 13.2 Å². The minimum Gasteiger partial charge on any atom is -0.325 e. The Labute approximate surface area is 130 Å². The maximum Gasteiger partial charge on any atom is 0.241 e. The lowest BCUT2D eigenvalue weighted by Crippen LogP contribution is -2.43. The van der Waals surface area contributed by atoms with Gasteiger partial charge in [-0.15, -0.1) is 12.4 Å². The molecule has 21 heavy (non-hydrogen) atoms. The molecule has 1 atom stereocenters. The number of amides is 1. The molecule has 1 fully saturated rings. The normalized spacial score (nSPS) is 18.7. The van der Waals surface area contributed by atoms with Gasteiger partial charge in [0.15, 0.2) is 0 Å². The van der Waals surface area contributed by atoms with Crippen LogP contribution in [0.2, 0.25) is 0 Å². The summed E-state index contributed by atoms with van der Waals surface area (Å²) in [7, 11) is -3.78. The molecule has 0 spiro atoms. The molecule has 1 heterocycles. The van der Waals surface area contributed by atoms with Crippen LogP contribution in [0.15, 0.2) is 23.1 Å². The van der Waals surface area contributed by atoms with Gasteiger partial charge < -0.3 is 10.6 Å². The summed E-state index contributed by atoms with van der Waals surface area (Å²) in [4.78, 5) is 12.1. The number of benzene rings is 1. The minimum atomic E-state index is -3.78. The molecule has 1 aliphatic rings. The number of anilines is 1. The molecule has 4 N–H and O–H groups in total. The fourth-order valence-electron chi connectivity index (χ4n) is 2.29. The Morgan fingerprint density at radius 3 is 2.67 bits per heavy atom. The smallest absolute Gasteiger partial charge is 0.241 e. The van der Waals surface area contributed by atoms with E-state index in [9.17, 15) is 13.2 Å². The highest BCUT2D eigenvalue weighted by Crippen LogP contribution is 2.19. The van der Waals surface area contributed by atoms with Gasteiger partial charge in [-0.25, -0.2) is 13.6 Å². The Balaban J connectivity index is 0.00000220. The van der Waals surface area contributed by atoms with Crippen LogP contribution in [0.3, 0.4) is 0 Å². The fraction of sp³-hybridized carbons (Fsp3) is 0.462. The molecule has 0 radical (unpaired) electrons. The Hall–Kier alpha value is -1.15. The first-order chi connectivity index (χ1) is 9.38. The van der Waals surface area contributed by atoms with E-state index in [2.05, 4.69) is 10.6 Å². The van der Waals surface area contributed by atoms with Crippen LogP contribution >= 0.6 is 12.4 Å². The van der Waals surface area contributed by atoms with Crippen LogP contribution < -0.4 is 15.8 Å². The molecule has 0 unspecified atom stereocenters. The first kappa shape index (κ1) is 17.9. The van der Waals surface area contributed by atoms with E-state index < -0.39 is 10.0 Å². The summed E-state index contributed by atoms with van der Waals surface area (Å²) < 4.78 is 22.9. The van der Waals surface area contributed by atoms with E-state index in [1.807, 2.05) is 0 Å². The SMILES string of the molecule is Cc1ccc(NC(=O)[C@H]2CCCCN2)cc1S(N)(=O)=O.Cl. The molecule has 1 aromatic rings. The van der Waals surface area contributed by atoms with Crippen LogP contribution in [-0.4, -0.2) is 26.9 Å². The van der Waals surface area contributed by atoms with Gasteiger partial charge in [0.05, 0.1) is 10.9 Å². The van der Waals surface area contributed by atoms with Gasteiger partial charge >= 0.3 is 0 Å². The van der Waals surface area contributed by atoms with Gasteiger partial charge in [0, 0.05) is 5.69 Å². The molecular weight excluding hydrogens is 314 g/mol. The number of nitrogens with two attached hydrogens (primary N) is 1. The zero-order chi connectivity index (χ0) is 14.8. The number of piperidine rings is 1. The number of primary sulfonamides is 1. The van der Waals surface area contributed by atoms with Crippen molar-refractivity contribution in [3.05, 3.63) is 23.8 Å². The number of carbonyl (C=O) groups excluding carboxylic acids is 1. The lowest BCUT2D eigenvalue weighted by Gasteiger charge is -2.22. The summed E-state index contributed by atoms with van der Waals surface area (Å²) in [6.07, 6.45) is 2.88. The summed E-state index contributed by atoms with van der Waals surface area (Å²) in [6.45, 7) is 2.49. The number of hydrogen-bond donors (Lipinski definition) is 3. The molecular formula is C13H20ClN3O3S. The zero-order valence-electron chi connectivity index (χ0n) is 11.8. The van der Waals surface area contributed by atoms with Crippen LogP contribution in [0.1, 0.15) is 24.8 Å². The topological polar surface area (TPSA) is 101 Å². The predicted octanol–water partition coefficient (Wildman–Crippen LogP) is 1.14. The minimum absolute atomic E-state index is 0. The van der Waals surface area contributed by atoms with E-state index in [1.165, 1.54) is 6.07 Å². The Kier molecular flexibility index (Phi) is 6.15. The number of hydrogen-bond acceptors (Lipinski definition) is 4. The molecule has 1 aliphatic heterocycles. The van der Waals surface area contributed by atoms with Gasteiger partial charge in [-0.1, -0.05) is 12.5 Å². The number of carbonyl (C=O) groups is 1. The number of nitrogens with one attached hydrogen (secondary N) is 2. The highest BCUT2D eigenvalue weighted by Gasteiger charge is 2.21.